The number of carboxylic acid groups (broad SMARTS) is 1. The fourth-order valence-corrected chi connectivity index (χ4v) is 3.70. The first-order chi connectivity index (χ1) is 15.8. The van der Waals surface area contributed by atoms with Crippen LogP contribution in [0.1, 0.15) is 80.1 Å². The summed E-state index contributed by atoms with van der Waals surface area (Å²) in [6.45, 7) is 11.4. The first-order valence-electron chi connectivity index (χ1n) is 11.9. The normalized spacial score (nSPS) is 19.4. The number of aliphatic carboxylic acids is 1. The molecule has 0 saturated carbocycles. The Bertz CT molecular complexity index is 720. The van der Waals surface area contributed by atoms with Crippen molar-refractivity contribution >= 4 is 18.0 Å². The number of hydrogen-bond donors (Lipinski definition) is 4. The topological polar surface area (TPSA) is 143 Å². The van der Waals surface area contributed by atoms with Gasteiger partial charge in [-0.1, -0.05) is 19.8 Å². The minimum absolute atomic E-state index is 0.0101. The van der Waals surface area contributed by atoms with Gasteiger partial charge in [0.2, 0.25) is 11.7 Å². The van der Waals surface area contributed by atoms with Gasteiger partial charge in [-0.25, -0.2) is 9.59 Å². The lowest BCUT2D eigenvalue weighted by Crippen LogP contribution is -2.54. The monoisotopic (exact) mass is 486 g/mol. The van der Waals surface area contributed by atoms with E-state index >= 15 is 0 Å². The fraction of sp³-hybridized carbons (Fsp3) is 0.792. The lowest BCUT2D eigenvalue weighted by Gasteiger charge is -2.36. The van der Waals surface area contributed by atoms with Gasteiger partial charge in [-0.05, 0) is 53.0 Å². The Kier molecular flexibility index (Phi) is 11.8. The van der Waals surface area contributed by atoms with E-state index in [2.05, 4.69) is 17.6 Å². The van der Waals surface area contributed by atoms with Crippen LogP contribution < -0.4 is 10.6 Å². The molecule has 196 valence electrons. The number of amides is 2. The number of rotatable bonds is 14. The summed E-state index contributed by atoms with van der Waals surface area (Å²) in [5, 5.41) is 24.3. The highest BCUT2D eigenvalue weighted by atomic mass is 16.6. The van der Waals surface area contributed by atoms with Crippen molar-refractivity contribution in [1.82, 2.24) is 10.6 Å². The molecule has 2 amide bonds. The van der Waals surface area contributed by atoms with Gasteiger partial charge in [0.1, 0.15) is 6.10 Å². The Balaban J connectivity index is 2.79. The van der Waals surface area contributed by atoms with Crippen molar-refractivity contribution in [3.05, 3.63) is 11.8 Å². The van der Waals surface area contributed by atoms with Gasteiger partial charge in [0.25, 0.3) is 0 Å². The van der Waals surface area contributed by atoms with Crippen molar-refractivity contribution in [1.29, 1.82) is 0 Å². The Hall–Kier alpha value is -2.33. The number of carbonyl (C=O) groups excluding carboxylic acids is 2. The molecule has 1 rings (SSSR count). The SMILES string of the molecule is CCCCC(C)(C)OCCC(C)(C)NC(=O)O[C@H](CCO)[C@@H]1OC(C(=O)O)=CC[C@H]1NC(C)=O. The molecule has 0 saturated heterocycles. The van der Waals surface area contributed by atoms with Crippen LogP contribution in [0.15, 0.2) is 11.8 Å². The average Bonchev–Trinajstić information content (AvgIpc) is 2.71. The highest BCUT2D eigenvalue weighted by Gasteiger charge is 2.39. The molecule has 3 atom stereocenters. The molecule has 0 spiro atoms. The molecular formula is C24H42N2O8. The highest BCUT2D eigenvalue weighted by molar-refractivity contribution is 5.84. The number of ether oxygens (including phenoxy) is 3. The maximum atomic E-state index is 12.7. The summed E-state index contributed by atoms with van der Waals surface area (Å²) < 4.78 is 17.1. The quantitative estimate of drug-likeness (QED) is 0.293. The van der Waals surface area contributed by atoms with Gasteiger partial charge in [0.15, 0.2) is 6.10 Å². The predicted molar refractivity (Wildman–Crippen MR) is 126 cm³/mol. The minimum atomic E-state index is -1.26. The summed E-state index contributed by atoms with van der Waals surface area (Å²) in [5.41, 5.74) is -0.885. The van der Waals surface area contributed by atoms with Gasteiger partial charge in [-0.3, -0.25) is 4.79 Å². The Labute approximate surface area is 202 Å². The lowest BCUT2D eigenvalue weighted by atomic mass is 9.97. The molecule has 1 aliphatic heterocycles. The molecule has 1 heterocycles. The third-order valence-electron chi connectivity index (χ3n) is 5.65. The van der Waals surface area contributed by atoms with Crippen molar-refractivity contribution < 1.29 is 38.8 Å². The molecule has 4 N–H and O–H groups in total. The van der Waals surface area contributed by atoms with Crippen molar-refractivity contribution in [3.63, 3.8) is 0 Å². The molecule has 0 aromatic heterocycles. The molecule has 0 fully saturated rings. The average molecular weight is 487 g/mol. The van der Waals surface area contributed by atoms with Gasteiger partial charge < -0.3 is 35.1 Å². The Morgan fingerprint density at radius 3 is 2.47 bits per heavy atom. The number of alkyl carbamates (subject to hydrolysis) is 1. The predicted octanol–water partition coefficient (Wildman–Crippen LogP) is 2.88. The second-order valence-electron chi connectivity index (χ2n) is 9.93. The number of nitrogens with one attached hydrogen (secondary N) is 2. The van der Waals surface area contributed by atoms with Crippen LogP contribution in [0.2, 0.25) is 0 Å². The number of carbonyl (C=O) groups is 3. The largest absolute Gasteiger partial charge is 0.477 e. The van der Waals surface area contributed by atoms with Gasteiger partial charge in [0.05, 0.1) is 11.6 Å². The zero-order valence-corrected chi connectivity index (χ0v) is 21.3. The molecule has 10 heteroatoms. The zero-order chi connectivity index (χ0) is 25.9. The van der Waals surface area contributed by atoms with Crippen LogP contribution in [0.4, 0.5) is 4.79 Å². The Morgan fingerprint density at radius 2 is 1.91 bits per heavy atom. The summed E-state index contributed by atoms with van der Waals surface area (Å²) in [4.78, 5) is 35.7. The third-order valence-corrected chi connectivity index (χ3v) is 5.65. The van der Waals surface area contributed by atoms with Gasteiger partial charge in [-0.15, -0.1) is 0 Å². The van der Waals surface area contributed by atoms with Gasteiger partial charge in [0, 0.05) is 32.1 Å². The van der Waals surface area contributed by atoms with E-state index in [1.807, 2.05) is 27.7 Å². The number of carboxylic acids is 1. The maximum Gasteiger partial charge on any atom is 0.407 e. The van der Waals surface area contributed by atoms with Crippen LogP contribution in [0.25, 0.3) is 0 Å². The number of aliphatic hydroxyl groups excluding tert-OH is 1. The minimum Gasteiger partial charge on any atom is -0.477 e. The van der Waals surface area contributed by atoms with Crippen LogP contribution >= 0.6 is 0 Å². The molecule has 0 aliphatic carbocycles. The van der Waals surface area contributed by atoms with Crippen molar-refractivity contribution in [2.45, 2.75) is 109 Å². The summed E-state index contributed by atoms with van der Waals surface area (Å²) in [5.74, 6) is -1.89. The van der Waals surface area contributed by atoms with E-state index in [0.29, 0.717) is 13.0 Å². The van der Waals surface area contributed by atoms with Crippen LogP contribution in [-0.4, -0.2) is 70.8 Å². The second-order valence-corrected chi connectivity index (χ2v) is 9.93. The van der Waals surface area contributed by atoms with E-state index in [1.54, 1.807) is 0 Å². The van der Waals surface area contributed by atoms with E-state index in [0.717, 1.165) is 19.3 Å². The van der Waals surface area contributed by atoms with Crippen molar-refractivity contribution in [3.8, 4) is 0 Å². The third kappa shape index (κ3) is 10.7. The summed E-state index contributed by atoms with van der Waals surface area (Å²) in [6, 6.07) is -0.614. The number of unbranched alkanes of at least 4 members (excludes halogenated alkanes) is 1. The Morgan fingerprint density at radius 1 is 1.24 bits per heavy atom. The fourth-order valence-electron chi connectivity index (χ4n) is 3.70. The van der Waals surface area contributed by atoms with Crippen molar-refractivity contribution in [2.75, 3.05) is 13.2 Å². The molecule has 0 aromatic rings. The second kappa shape index (κ2) is 13.5. The molecule has 10 nitrogen and oxygen atoms in total. The van der Waals surface area contributed by atoms with E-state index in [9.17, 15) is 24.6 Å². The summed E-state index contributed by atoms with van der Waals surface area (Å²) >= 11 is 0. The molecule has 34 heavy (non-hydrogen) atoms. The smallest absolute Gasteiger partial charge is 0.407 e. The van der Waals surface area contributed by atoms with Crippen molar-refractivity contribution in [2.24, 2.45) is 0 Å². The van der Waals surface area contributed by atoms with E-state index in [1.165, 1.54) is 13.0 Å². The summed E-state index contributed by atoms with van der Waals surface area (Å²) in [6.07, 6.45) is 2.55. The molecular weight excluding hydrogens is 444 g/mol. The van der Waals surface area contributed by atoms with E-state index in [-0.39, 0.29) is 36.7 Å². The van der Waals surface area contributed by atoms with Crippen LogP contribution in [-0.2, 0) is 23.8 Å². The van der Waals surface area contributed by atoms with Crippen LogP contribution in [0, 0.1) is 0 Å². The van der Waals surface area contributed by atoms with Gasteiger partial charge >= 0.3 is 12.1 Å². The lowest BCUT2D eigenvalue weighted by molar-refractivity contribution is -0.141. The highest BCUT2D eigenvalue weighted by Crippen LogP contribution is 2.25. The molecule has 0 unspecified atom stereocenters. The van der Waals surface area contributed by atoms with E-state index in [4.69, 9.17) is 14.2 Å². The first-order valence-corrected chi connectivity index (χ1v) is 11.9. The zero-order valence-electron chi connectivity index (χ0n) is 21.3. The maximum absolute atomic E-state index is 12.7. The van der Waals surface area contributed by atoms with E-state index < -0.39 is 35.9 Å². The number of hydrogen-bond acceptors (Lipinski definition) is 7. The number of aliphatic hydroxyl groups is 1. The molecule has 0 radical (unpaired) electrons. The van der Waals surface area contributed by atoms with Crippen LogP contribution in [0.3, 0.4) is 0 Å². The van der Waals surface area contributed by atoms with Gasteiger partial charge in [-0.2, -0.15) is 0 Å². The first kappa shape index (κ1) is 29.7. The summed E-state index contributed by atoms with van der Waals surface area (Å²) in [7, 11) is 0. The van der Waals surface area contributed by atoms with Crippen LogP contribution in [0.5, 0.6) is 0 Å². The standard InChI is InChI=1S/C24H42N2O8/c1-7-8-12-24(5,6)32-15-13-23(3,4)26-22(31)34-18(11-14-27)20-17(25-16(2)28)9-10-19(33-20)21(29)30/h10,17-18,20,27H,7-9,11-15H2,1-6H3,(H,25,28)(H,26,31)(H,29,30)/t17-,18-,20-/m1/s1. The molecule has 0 bridgehead atoms. The molecule has 0 aromatic carbocycles. The molecule has 1 aliphatic rings.